The molecule has 0 aromatic heterocycles. The number of amides is 1. The van der Waals surface area contributed by atoms with Gasteiger partial charge in [0.2, 0.25) is 11.7 Å². The van der Waals surface area contributed by atoms with Crippen LogP contribution in [0.2, 0.25) is 0 Å². The van der Waals surface area contributed by atoms with E-state index >= 15 is 0 Å². The topological polar surface area (TPSA) is 66.4 Å². The number of fused-ring (bicyclic) bond motifs is 1. The van der Waals surface area contributed by atoms with Crippen molar-refractivity contribution < 1.29 is 14.7 Å². The molecular formula is C12H11NO3. The number of rotatable bonds is 2. The summed E-state index contributed by atoms with van der Waals surface area (Å²) in [6, 6.07) is 6.72. The maximum atomic E-state index is 11.8. The van der Waals surface area contributed by atoms with E-state index in [-0.39, 0.29) is 29.6 Å². The van der Waals surface area contributed by atoms with Gasteiger partial charge in [0.15, 0.2) is 5.76 Å². The standard InChI is InChI=1S/C12H11NO3/c1-2-9(14)13-10-11(15)7-5-3-4-6-8(7)12(10)16/h3-6H,2H2,1H3,(H2,13,14,15,16). The highest BCUT2D eigenvalue weighted by Gasteiger charge is 2.30. The van der Waals surface area contributed by atoms with E-state index in [1.54, 1.807) is 31.2 Å². The molecular weight excluding hydrogens is 206 g/mol. The van der Waals surface area contributed by atoms with Gasteiger partial charge in [0, 0.05) is 17.5 Å². The minimum atomic E-state index is -0.338. The fourth-order valence-corrected chi connectivity index (χ4v) is 1.61. The van der Waals surface area contributed by atoms with Gasteiger partial charge in [-0.1, -0.05) is 31.2 Å². The number of Topliss-reactive ketones (excluding diaryl/α,β-unsaturated/α-hetero) is 1. The Morgan fingerprint density at radius 2 is 1.94 bits per heavy atom. The molecule has 4 nitrogen and oxygen atoms in total. The van der Waals surface area contributed by atoms with Crippen molar-refractivity contribution in [3.63, 3.8) is 0 Å². The van der Waals surface area contributed by atoms with Crippen LogP contribution in [0.4, 0.5) is 0 Å². The molecule has 0 radical (unpaired) electrons. The molecule has 0 fully saturated rings. The molecule has 0 unspecified atom stereocenters. The number of nitrogens with one attached hydrogen (secondary N) is 1. The van der Waals surface area contributed by atoms with Crippen molar-refractivity contribution >= 4 is 17.4 Å². The highest BCUT2D eigenvalue weighted by molar-refractivity contribution is 6.20. The number of carbonyl (C=O) groups excluding carboxylic acids is 2. The number of aliphatic hydroxyl groups is 1. The Kier molecular flexibility index (Phi) is 2.48. The summed E-state index contributed by atoms with van der Waals surface area (Å²) < 4.78 is 0. The first-order valence-electron chi connectivity index (χ1n) is 5.02. The first kappa shape index (κ1) is 10.4. The third-order valence-corrected chi connectivity index (χ3v) is 2.48. The van der Waals surface area contributed by atoms with Gasteiger partial charge in [-0.25, -0.2) is 0 Å². The summed E-state index contributed by atoms with van der Waals surface area (Å²) in [5, 5.41) is 12.2. The summed E-state index contributed by atoms with van der Waals surface area (Å²) in [4.78, 5) is 23.0. The zero-order chi connectivity index (χ0) is 11.7. The summed E-state index contributed by atoms with van der Waals surface area (Å²) in [5.74, 6) is -0.778. The van der Waals surface area contributed by atoms with Crippen molar-refractivity contribution in [1.82, 2.24) is 5.32 Å². The number of hydrogen-bond donors (Lipinski definition) is 2. The lowest BCUT2D eigenvalue weighted by molar-refractivity contribution is -0.120. The third kappa shape index (κ3) is 1.48. The molecule has 1 aliphatic carbocycles. The average molecular weight is 217 g/mol. The number of allylic oxidation sites excluding steroid dienone is 1. The molecule has 16 heavy (non-hydrogen) atoms. The molecule has 0 spiro atoms. The Balaban J connectivity index is 2.40. The predicted molar refractivity (Wildman–Crippen MR) is 58.8 cm³/mol. The second kappa shape index (κ2) is 3.81. The van der Waals surface area contributed by atoms with Crippen LogP contribution in [0.15, 0.2) is 30.0 Å². The van der Waals surface area contributed by atoms with Crippen molar-refractivity contribution in [2.75, 3.05) is 0 Å². The summed E-state index contributed by atoms with van der Waals surface area (Å²) >= 11 is 0. The molecule has 0 saturated heterocycles. The largest absolute Gasteiger partial charge is 0.505 e. The highest BCUT2D eigenvalue weighted by Crippen LogP contribution is 2.29. The van der Waals surface area contributed by atoms with E-state index in [0.717, 1.165) is 0 Å². The molecule has 1 aromatic rings. The lowest BCUT2D eigenvalue weighted by Gasteiger charge is -2.02. The Bertz CT molecular complexity index is 503. The molecule has 82 valence electrons. The second-order valence-electron chi connectivity index (χ2n) is 3.50. The average Bonchev–Trinajstić information content (AvgIpc) is 2.55. The number of carbonyl (C=O) groups is 2. The molecule has 1 aromatic carbocycles. The monoisotopic (exact) mass is 217 g/mol. The third-order valence-electron chi connectivity index (χ3n) is 2.48. The molecule has 1 aliphatic rings. The quantitative estimate of drug-likeness (QED) is 0.791. The zero-order valence-corrected chi connectivity index (χ0v) is 8.78. The van der Waals surface area contributed by atoms with Crippen molar-refractivity contribution in [3.8, 4) is 0 Å². The van der Waals surface area contributed by atoms with Crippen LogP contribution in [-0.4, -0.2) is 16.8 Å². The van der Waals surface area contributed by atoms with Crippen LogP contribution in [0.3, 0.4) is 0 Å². The number of benzene rings is 1. The van der Waals surface area contributed by atoms with Crippen LogP contribution in [-0.2, 0) is 4.79 Å². The minimum Gasteiger partial charge on any atom is -0.505 e. The Morgan fingerprint density at radius 3 is 2.50 bits per heavy atom. The van der Waals surface area contributed by atoms with Gasteiger partial charge in [-0.3, -0.25) is 9.59 Å². The van der Waals surface area contributed by atoms with E-state index < -0.39 is 0 Å². The summed E-state index contributed by atoms with van der Waals surface area (Å²) in [7, 11) is 0. The van der Waals surface area contributed by atoms with E-state index in [1.165, 1.54) is 0 Å². The predicted octanol–water partition coefficient (Wildman–Crippen LogP) is 1.64. The van der Waals surface area contributed by atoms with E-state index in [9.17, 15) is 14.7 Å². The van der Waals surface area contributed by atoms with Gasteiger partial charge in [0.25, 0.3) is 0 Å². The summed E-state index contributed by atoms with van der Waals surface area (Å²) in [5.41, 5.74) is 0.873. The molecule has 0 saturated carbocycles. The van der Waals surface area contributed by atoms with E-state index in [0.29, 0.717) is 11.1 Å². The fourth-order valence-electron chi connectivity index (χ4n) is 1.61. The number of hydrogen-bond acceptors (Lipinski definition) is 3. The van der Waals surface area contributed by atoms with Crippen molar-refractivity contribution in [2.24, 2.45) is 0 Å². The van der Waals surface area contributed by atoms with Crippen molar-refractivity contribution in [2.45, 2.75) is 13.3 Å². The van der Waals surface area contributed by atoms with Crippen LogP contribution >= 0.6 is 0 Å². The molecule has 2 N–H and O–H groups in total. The lowest BCUT2D eigenvalue weighted by Crippen LogP contribution is -2.25. The minimum absolute atomic E-state index is 0.0203. The molecule has 0 bridgehead atoms. The maximum Gasteiger partial charge on any atom is 0.224 e. The SMILES string of the molecule is CCC(=O)NC1=C(O)c2ccccc2C1=O. The normalized spacial score (nSPS) is 13.9. The van der Waals surface area contributed by atoms with Crippen LogP contribution in [0.5, 0.6) is 0 Å². The van der Waals surface area contributed by atoms with Crippen LogP contribution in [0.1, 0.15) is 29.3 Å². The van der Waals surface area contributed by atoms with Gasteiger partial charge in [-0.15, -0.1) is 0 Å². The van der Waals surface area contributed by atoms with Gasteiger partial charge >= 0.3 is 0 Å². The molecule has 2 rings (SSSR count). The number of ketones is 1. The van der Waals surface area contributed by atoms with Gasteiger partial charge in [-0.05, 0) is 0 Å². The van der Waals surface area contributed by atoms with Crippen LogP contribution in [0.25, 0.3) is 5.76 Å². The first-order chi connectivity index (χ1) is 7.65. The van der Waals surface area contributed by atoms with Crippen LogP contribution < -0.4 is 5.32 Å². The van der Waals surface area contributed by atoms with Crippen molar-refractivity contribution in [3.05, 3.63) is 41.1 Å². The molecule has 0 atom stereocenters. The van der Waals surface area contributed by atoms with Crippen LogP contribution in [0, 0.1) is 0 Å². The Labute approximate surface area is 92.6 Å². The zero-order valence-electron chi connectivity index (χ0n) is 8.78. The van der Waals surface area contributed by atoms with E-state index in [4.69, 9.17) is 0 Å². The van der Waals surface area contributed by atoms with Crippen molar-refractivity contribution in [1.29, 1.82) is 0 Å². The molecule has 0 heterocycles. The van der Waals surface area contributed by atoms with Gasteiger partial charge in [0.1, 0.15) is 5.70 Å². The fraction of sp³-hybridized carbons (Fsp3) is 0.167. The first-order valence-corrected chi connectivity index (χ1v) is 5.02. The van der Waals surface area contributed by atoms with Gasteiger partial charge < -0.3 is 10.4 Å². The van der Waals surface area contributed by atoms with E-state index in [1.807, 2.05) is 0 Å². The second-order valence-corrected chi connectivity index (χ2v) is 3.50. The van der Waals surface area contributed by atoms with Gasteiger partial charge in [0.05, 0.1) is 0 Å². The molecule has 1 amide bonds. The Hall–Kier alpha value is -2.10. The summed E-state index contributed by atoms with van der Waals surface area (Å²) in [6.07, 6.45) is 0.264. The molecule has 0 aliphatic heterocycles. The Morgan fingerprint density at radius 1 is 1.31 bits per heavy atom. The van der Waals surface area contributed by atoms with Gasteiger partial charge in [-0.2, -0.15) is 0 Å². The number of aliphatic hydroxyl groups excluding tert-OH is 1. The smallest absolute Gasteiger partial charge is 0.224 e. The molecule has 4 heteroatoms. The van der Waals surface area contributed by atoms with E-state index in [2.05, 4.69) is 5.32 Å². The maximum absolute atomic E-state index is 11.8. The summed E-state index contributed by atoms with van der Waals surface area (Å²) in [6.45, 7) is 1.68. The highest BCUT2D eigenvalue weighted by atomic mass is 16.3. The lowest BCUT2D eigenvalue weighted by atomic mass is 10.1.